The van der Waals surface area contributed by atoms with E-state index in [1.54, 1.807) is 0 Å². The molecule has 0 aromatic heterocycles. The highest BCUT2D eigenvalue weighted by atomic mass is 15.2. The van der Waals surface area contributed by atoms with E-state index in [2.05, 4.69) is 165 Å². The van der Waals surface area contributed by atoms with Gasteiger partial charge in [-0.15, -0.1) is 0 Å². The lowest BCUT2D eigenvalue weighted by Crippen LogP contribution is -2.31. The maximum absolute atomic E-state index is 9.88. The van der Waals surface area contributed by atoms with Crippen LogP contribution >= 0.6 is 0 Å². The first-order valence-electron chi connectivity index (χ1n) is 17.7. The molecule has 0 saturated carbocycles. The first-order chi connectivity index (χ1) is 25.3. The number of aryl methyl sites for hydroxylation is 2. The van der Waals surface area contributed by atoms with Crippen molar-refractivity contribution in [2.45, 2.75) is 39.2 Å². The average molecular weight is 669 g/mol. The minimum atomic E-state index is -0.273. The fraction of sp³-hybridized carbons (Fsp3) is 0.125. The van der Waals surface area contributed by atoms with Gasteiger partial charge in [0.25, 0.3) is 0 Å². The molecule has 1 unspecified atom stereocenters. The summed E-state index contributed by atoms with van der Waals surface area (Å²) >= 11 is 0. The third-order valence-electron chi connectivity index (χ3n) is 11.0. The minimum Gasteiger partial charge on any atom is -0.332 e. The number of nitrogens with zero attached hydrogens (tertiary/aromatic N) is 4. The normalized spacial score (nSPS) is 14.8. The molecule has 0 radical (unpaired) electrons. The summed E-state index contributed by atoms with van der Waals surface area (Å²) in [5.74, 6) is 0. The van der Waals surface area contributed by atoms with E-state index in [0.29, 0.717) is 11.1 Å². The quantitative estimate of drug-likeness (QED) is 0.171. The number of benzene rings is 8. The van der Waals surface area contributed by atoms with Crippen molar-refractivity contribution in [3.8, 4) is 12.1 Å². The van der Waals surface area contributed by atoms with E-state index >= 15 is 0 Å². The molecule has 248 valence electrons. The minimum absolute atomic E-state index is 0.0131. The van der Waals surface area contributed by atoms with E-state index in [4.69, 9.17) is 0 Å². The molecule has 8 aromatic carbocycles. The first-order valence-corrected chi connectivity index (χ1v) is 17.7. The van der Waals surface area contributed by atoms with Gasteiger partial charge in [-0.1, -0.05) is 92.7 Å². The molecule has 4 nitrogen and oxygen atoms in total. The van der Waals surface area contributed by atoms with Gasteiger partial charge in [-0.3, -0.25) is 0 Å². The fourth-order valence-corrected chi connectivity index (χ4v) is 8.81. The number of hydrogen-bond donors (Lipinski definition) is 0. The fourth-order valence-electron chi connectivity index (χ4n) is 8.81. The van der Waals surface area contributed by atoms with Crippen LogP contribution in [0.4, 0.5) is 28.4 Å². The van der Waals surface area contributed by atoms with Crippen molar-refractivity contribution in [3.05, 3.63) is 173 Å². The Labute approximate surface area is 304 Å². The van der Waals surface area contributed by atoms with E-state index in [0.717, 1.165) is 33.8 Å². The smallest absolute Gasteiger partial charge is 0.0992 e. The van der Waals surface area contributed by atoms with Crippen LogP contribution in [0, 0.1) is 36.5 Å². The van der Waals surface area contributed by atoms with Crippen molar-refractivity contribution >= 4 is 60.8 Å². The molecule has 8 aromatic rings. The van der Waals surface area contributed by atoms with Crippen LogP contribution in [0.15, 0.2) is 140 Å². The van der Waals surface area contributed by atoms with E-state index in [9.17, 15) is 10.5 Å². The highest BCUT2D eigenvalue weighted by Gasteiger charge is 2.46. The number of hydrogen-bond acceptors (Lipinski definition) is 4. The van der Waals surface area contributed by atoms with Gasteiger partial charge < -0.3 is 9.80 Å². The topological polar surface area (TPSA) is 54.1 Å². The second kappa shape index (κ2) is 11.7. The molecular formula is C48H36N4. The maximum Gasteiger partial charge on any atom is 0.0992 e. The molecule has 9 rings (SSSR count). The monoisotopic (exact) mass is 668 g/mol. The Bertz CT molecular complexity index is 2760. The van der Waals surface area contributed by atoms with Gasteiger partial charge >= 0.3 is 0 Å². The Morgan fingerprint density at radius 3 is 1.94 bits per heavy atom. The zero-order valence-corrected chi connectivity index (χ0v) is 29.6. The molecule has 1 aliphatic rings. The Balaban J connectivity index is 1.32. The highest BCUT2D eigenvalue weighted by molar-refractivity contribution is 6.28. The van der Waals surface area contributed by atoms with Crippen molar-refractivity contribution in [1.29, 1.82) is 10.5 Å². The Morgan fingerprint density at radius 2 is 1.21 bits per heavy atom. The van der Waals surface area contributed by atoms with Gasteiger partial charge in [-0.05, 0) is 118 Å². The van der Waals surface area contributed by atoms with Gasteiger partial charge in [-0.25, -0.2) is 0 Å². The number of rotatable bonds is 5. The SMILES string of the molecule is Cc1cc(C)cc(N(c2cccc(C#N)c2)c2ccc3ccc4c(N5c6ccc(C#N)cc6C(C)(C)C5c5ccccc5)ccc5ccc2c3c54)c1. The molecule has 0 spiro atoms. The second-order valence-corrected chi connectivity index (χ2v) is 14.7. The molecule has 52 heavy (non-hydrogen) atoms. The summed E-state index contributed by atoms with van der Waals surface area (Å²) in [7, 11) is 0. The Hall–Kier alpha value is -6.62. The molecular weight excluding hydrogens is 633 g/mol. The van der Waals surface area contributed by atoms with Crippen molar-refractivity contribution in [2.75, 3.05) is 9.80 Å². The van der Waals surface area contributed by atoms with E-state index in [1.165, 1.54) is 49.2 Å². The third kappa shape index (κ3) is 4.73. The largest absolute Gasteiger partial charge is 0.332 e. The molecule has 0 saturated heterocycles. The van der Waals surface area contributed by atoms with Crippen LogP contribution in [-0.2, 0) is 5.41 Å². The number of fused-ring (bicyclic) bond motifs is 1. The molecule has 1 atom stereocenters. The summed E-state index contributed by atoms with van der Waals surface area (Å²) in [4.78, 5) is 4.80. The van der Waals surface area contributed by atoms with E-state index < -0.39 is 0 Å². The summed E-state index contributed by atoms with van der Waals surface area (Å²) in [6, 6.07) is 54.2. The number of nitriles is 2. The van der Waals surface area contributed by atoms with Crippen molar-refractivity contribution in [3.63, 3.8) is 0 Å². The predicted molar refractivity (Wildman–Crippen MR) is 215 cm³/mol. The van der Waals surface area contributed by atoms with Crippen LogP contribution in [0.2, 0.25) is 0 Å². The Kier molecular flexibility index (Phi) is 7.08. The van der Waals surface area contributed by atoms with E-state index in [-0.39, 0.29) is 11.5 Å². The predicted octanol–water partition coefficient (Wildman–Crippen LogP) is 12.6. The molecule has 0 aliphatic carbocycles. The van der Waals surface area contributed by atoms with Crippen molar-refractivity contribution in [1.82, 2.24) is 0 Å². The van der Waals surface area contributed by atoms with Gasteiger partial charge in [0, 0.05) is 38.9 Å². The summed E-state index contributed by atoms with van der Waals surface area (Å²) in [5, 5.41) is 26.9. The third-order valence-corrected chi connectivity index (χ3v) is 11.0. The molecule has 0 bridgehead atoms. The van der Waals surface area contributed by atoms with Crippen LogP contribution in [0.1, 0.15) is 53.3 Å². The van der Waals surface area contributed by atoms with Crippen LogP contribution < -0.4 is 9.80 Å². The number of anilines is 5. The van der Waals surface area contributed by atoms with Crippen LogP contribution in [0.25, 0.3) is 32.3 Å². The maximum atomic E-state index is 9.88. The lowest BCUT2D eigenvalue weighted by molar-refractivity contribution is 0.449. The molecule has 4 heteroatoms. The van der Waals surface area contributed by atoms with E-state index in [1.807, 2.05) is 24.3 Å². The van der Waals surface area contributed by atoms with Gasteiger partial charge in [0.05, 0.1) is 35.0 Å². The average Bonchev–Trinajstić information content (AvgIpc) is 3.39. The lowest BCUT2D eigenvalue weighted by Gasteiger charge is -2.36. The first kappa shape index (κ1) is 31.4. The molecule has 1 aliphatic heterocycles. The van der Waals surface area contributed by atoms with Gasteiger partial charge in [0.2, 0.25) is 0 Å². The highest BCUT2D eigenvalue weighted by Crippen LogP contribution is 2.57. The zero-order valence-electron chi connectivity index (χ0n) is 29.6. The lowest BCUT2D eigenvalue weighted by atomic mass is 9.77. The molecule has 0 fully saturated rings. The Morgan fingerprint density at radius 1 is 0.577 bits per heavy atom. The van der Waals surface area contributed by atoms with Gasteiger partial charge in [0.15, 0.2) is 0 Å². The molecule has 0 amide bonds. The summed E-state index contributed by atoms with van der Waals surface area (Å²) < 4.78 is 0. The van der Waals surface area contributed by atoms with Crippen LogP contribution in [0.3, 0.4) is 0 Å². The second-order valence-electron chi connectivity index (χ2n) is 14.7. The van der Waals surface area contributed by atoms with Crippen molar-refractivity contribution < 1.29 is 0 Å². The van der Waals surface area contributed by atoms with Crippen LogP contribution in [-0.4, -0.2) is 0 Å². The van der Waals surface area contributed by atoms with Gasteiger partial charge in [0.1, 0.15) is 0 Å². The summed E-state index contributed by atoms with van der Waals surface area (Å²) in [5.41, 5.74) is 11.1. The van der Waals surface area contributed by atoms with Crippen molar-refractivity contribution in [2.24, 2.45) is 0 Å². The van der Waals surface area contributed by atoms with Crippen LogP contribution in [0.5, 0.6) is 0 Å². The summed E-state index contributed by atoms with van der Waals surface area (Å²) in [6.07, 6.45) is 0. The molecule has 1 heterocycles. The standard InChI is InChI=1S/C48H36N4/c1-30-23-31(2)25-38(24-30)51(37-12-8-9-32(26-37)28-49)42-21-16-34-15-19-40-43(22-17-35-14-18-39(42)45(34)46(35)40)52-44-20-13-33(29-50)27-41(44)48(3,4)47(52)36-10-6-5-7-11-36/h5-27,47H,1-4H3. The zero-order chi connectivity index (χ0) is 35.7. The van der Waals surface area contributed by atoms with Gasteiger partial charge in [-0.2, -0.15) is 10.5 Å². The summed E-state index contributed by atoms with van der Waals surface area (Å²) in [6.45, 7) is 8.87. The molecule has 0 N–H and O–H groups in total.